The van der Waals surface area contributed by atoms with Crippen molar-refractivity contribution >= 4 is 65.7 Å². The fourth-order valence-electron chi connectivity index (χ4n) is 6.07. The molecule has 2 heteroatoms. The molecule has 0 amide bonds. The highest BCUT2D eigenvalue weighted by atomic mass is 32.2. The number of hydrogen-bond acceptors (Lipinski definition) is 2. The highest BCUT2D eigenvalue weighted by molar-refractivity contribution is 8.09. The van der Waals surface area contributed by atoms with Gasteiger partial charge in [-0.3, -0.25) is 0 Å². The molecule has 0 saturated carbocycles. The van der Waals surface area contributed by atoms with E-state index in [4.69, 9.17) is 0 Å². The molecule has 0 unspecified atom stereocenters. The summed E-state index contributed by atoms with van der Waals surface area (Å²) in [6.07, 6.45) is 0. The van der Waals surface area contributed by atoms with Crippen LogP contribution in [0.25, 0.3) is 64.4 Å². The lowest BCUT2D eigenvalue weighted by atomic mass is 9.81. The second-order valence-electron chi connectivity index (χ2n) is 9.42. The summed E-state index contributed by atoms with van der Waals surface area (Å²) in [5, 5.41) is 7.68. The SMILES string of the molecule is C=C1Sc2ccc3ccccc3c2-c2c1c1c(c3ccccc23)-c2c(ccc3ccccc23)SC1=C. The quantitative estimate of drug-likeness (QED) is 0.207. The smallest absolute Gasteiger partial charge is 0.0207 e. The number of thioether (sulfide) groups is 2. The molecule has 0 bridgehead atoms. The van der Waals surface area contributed by atoms with Crippen LogP contribution in [0.3, 0.4) is 0 Å². The van der Waals surface area contributed by atoms with Crippen LogP contribution in [0.5, 0.6) is 0 Å². The van der Waals surface area contributed by atoms with Gasteiger partial charge >= 0.3 is 0 Å². The van der Waals surface area contributed by atoms with Crippen LogP contribution in [0.15, 0.2) is 120 Å². The lowest BCUT2D eigenvalue weighted by Gasteiger charge is -2.32. The van der Waals surface area contributed by atoms with Gasteiger partial charge in [-0.2, -0.15) is 0 Å². The molecule has 6 aromatic rings. The Hall–Kier alpha value is -3.72. The summed E-state index contributed by atoms with van der Waals surface area (Å²) in [6.45, 7) is 9.23. The highest BCUT2D eigenvalue weighted by Gasteiger charge is 2.33. The average Bonchev–Trinajstić information content (AvgIpc) is 2.92. The van der Waals surface area contributed by atoms with E-state index in [1.165, 1.54) is 75.5 Å². The molecule has 168 valence electrons. The lowest BCUT2D eigenvalue weighted by molar-refractivity contribution is 1.44. The van der Waals surface area contributed by atoms with Gasteiger partial charge in [0.05, 0.1) is 0 Å². The number of benzene rings is 6. The molecule has 2 aliphatic rings. The van der Waals surface area contributed by atoms with E-state index in [-0.39, 0.29) is 0 Å². The monoisotopic (exact) mass is 492 g/mol. The minimum absolute atomic E-state index is 1.10. The highest BCUT2D eigenvalue weighted by Crippen LogP contribution is 2.61. The zero-order valence-corrected chi connectivity index (χ0v) is 21.1. The summed E-state index contributed by atoms with van der Waals surface area (Å²) in [5.41, 5.74) is 7.72. The molecule has 2 aliphatic heterocycles. The first-order valence-electron chi connectivity index (χ1n) is 12.1. The number of fused-ring (bicyclic) bond motifs is 14. The van der Waals surface area contributed by atoms with E-state index < -0.39 is 0 Å². The van der Waals surface area contributed by atoms with E-state index in [0.717, 1.165) is 9.81 Å². The van der Waals surface area contributed by atoms with E-state index in [1.807, 2.05) is 0 Å². The summed E-state index contributed by atoms with van der Waals surface area (Å²) in [7, 11) is 0. The predicted molar refractivity (Wildman–Crippen MR) is 160 cm³/mol. The Labute approximate surface area is 218 Å². The van der Waals surface area contributed by atoms with Crippen LogP contribution in [0.4, 0.5) is 0 Å². The number of rotatable bonds is 0. The maximum absolute atomic E-state index is 4.61. The van der Waals surface area contributed by atoms with Crippen LogP contribution < -0.4 is 0 Å². The fraction of sp³-hybridized carbons (Fsp3) is 0. The molecule has 0 saturated heterocycles. The van der Waals surface area contributed by atoms with E-state index in [9.17, 15) is 0 Å². The van der Waals surface area contributed by atoms with E-state index in [1.54, 1.807) is 23.5 Å². The molecular weight excluding hydrogens is 473 g/mol. The molecule has 0 spiro atoms. The predicted octanol–water partition coefficient (Wildman–Crippen LogP) is 10.6. The summed E-state index contributed by atoms with van der Waals surface area (Å²) in [5.74, 6) is 0. The van der Waals surface area contributed by atoms with Crippen molar-refractivity contribution in [2.24, 2.45) is 0 Å². The molecule has 0 nitrogen and oxygen atoms in total. The summed E-state index contributed by atoms with van der Waals surface area (Å²) in [6, 6.07) is 35.4. The van der Waals surface area contributed by atoms with Crippen LogP contribution >= 0.6 is 23.5 Å². The molecule has 2 heterocycles. The molecular formula is C34H20S2. The molecule has 0 aliphatic carbocycles. The first-order valence-corrected chi connectivity index (χ1v) is 13.7. The maximum atomic E-state index is 4.61. The Morgan fingerprint density at radius 2 is 0.750 bits per heavy atom. The van der Waals surface area contributed by atoms with Gasteiger partial charge in [0.15, 0.2) is 0 Å². The number of hydrogen-bond donors (Lipinski definition) is 0. The second-order valence-corrected chi connectivity index (χ2v) is 11.7. The van der Waals surface area contributed by atoms with E-state index >= 15 is 0 Å². The summed E-state index contributed by atoms with van der Waals surface area (Å²) < 4.78 is 0. The van der Waals surface area contributed by atoms with E-state index in [0.29, 0.717) is 0 Å². The van der Waals surface area contributed by atoms with Crippen molar-refractivity contribution in [2.75, 3.05) is 0 Å². The van der Waals surface area contributed by atoms with E-state index in [2.05, 4.69) is 110 Å². The Kier molecular flexibility index (Phi) is 4.20. The minimum Gasteiger partial charge on any atom is -0.0894 e. The molecule has 0 N–H and O–H groups in total. The largest absolute Gasteiger partial charge is 0.0894 e. The van der Waals surface area contributed by atoms with Crippen molar-refractivity contribution in [2.45, 2.75) is 9.79 Å². The molecule has 36 heavy (non-hydrogen) atoms. The van der Waals surface area contributed by atoms with Crippen LogP contribution in [0, 0.1) is 0 Å². The van der Waals surface area contributed by atoms with Gasteiger partial charge in [0.25, 0.3) is 0 Å². The third-order valence-corrected chi connectivity index (χ3v) is 9.54. The van der Waals surface area contributed by atoms with Gasteiger partial charge in [-0.15, -0.1) is 0 Å². The Balaban J connectivity index is 1.63. The standard InChI is InChI=1S/C34H20S2/c1-19-29-30-20(2)36-28-18-16-22-10-4-6-12-24(22)32(28)34(30)26-14-8-7-13-25(26)33(29)31-23-11-5-3-9-21(23)15-17-27(31)35-19/h3-18H,1-2H2. The van der Waals surface area contributed by atoms with Crippen LogP contribution in [0.2, 0.25) is 0 Å². The topological polar surface area (TPSA) is 0 Å². The third kappa shape index (κ3) is 2.63. The lowest BCUT2D eigenvalue weighted by Crippen LogP contribution is -2.07. The van der Waals surface area contributed by atoms with Crippen molar-refractivity contribution in [3.63, 3.8) is 0 Å². The van der Waals surface area contributed by atoms with Gasteiger partial charge in [-0.25, -0.2) is 0 Å². The molecule has 8 rings (SSSR count). The van der Waals surface area contributed by atoms with Gasteiger partial charge in [-0.05, 0) is 44.5 Å². The molecule has 0 atom stereocenters. The van der Waals surface area contributed by atoms with Gasteiger partial charge in [0.1, 0.15) is 0 Å². The van der Waals surface area contributed by atoms with Gasteiger partial charge in [0, 0.05) is 53.0 Å². The minimum atomic E-state index is 1.10. The van der Waals surface area contributed by atoms with Crippen LogP contribution in [-0.2, 0) is 0 Å². The first kappa shape index (κ1) is 20.5. The molecule has 0 fully saturated rings. The van der Waals surface area contributed by atoms with Gasteiger partial charge in [-0.1, -0.05) is 122 Å². The fourth-order valence-corrected chi connectivity index (χ4v) is 8.12. The van der Waals surface area contributed by atoms with Gasteiger partial charge < -0.3 is 0 Å². The maximum Gasteiger partial charge on any atom is 0.0207 e. The first-order chi connectivity index (χ1) is 17.7. The third-order valence-electron chi connectivity index (χ3n) is 7.52. The van der Waals surface area contributed by atoms with Crippen LogP contribution in [-0.4, -0.2) is 0 Å². The Bertz CT molecular complexity index is 1830. The Morgan fingerprint density at radius 3 is 1.19 bits per heavy atom. The molecule has 6 aromatic carbocycles. The average molecular weight is 493 g/mol. The zero-order chi connectivity index (χ0) is 24.0. The van der Waals surface area contributed by atoms with Crippen molar-refractivity contribution in [1.82, 2.24) is 0 Å². The summed E-state index contributed by atoms with van der Waals surface area (Å²) in [4.78, 5) is 4.74. The van der Waals surface area contributed by atoms with Crippen molar-refractivity contribution < 1.29 is 0 Å². The van der Waals surface area contributed by atoms with Crippen molar-refractivity contribution in [3.8, 4) is 22.3 Å². The normalized spacial score (nSPS) is 14.0. The van der Waals surface area contributed by atoms with Gasteiger partial charge in [0.2, 0.25) is 0 Å². The molecule has 0 aromatic heterocycles. The molecule has 0 radical (unpaired) electrons. The van der Waals surface area contributed by atoms with Crippen molar-refractivity contribution in [3.05, 3.63) is 121 Å². The summed E-state index contributed by atoms with van der Waals surface area (Å²) >= 11 is 3.59. The second kappa shape index (κ2) is 7.39. The zero-order valence-electron chi connectivity index (χ0n) is 19.5. The Morgan fingerprint density at radius 1 is 0.361 bits per heavy atom. The van der Waals surface area contributed by atoms with Crippen LogP contribution in [0.1, 0.15) is 11.1 Å². The van der Waals surface area contributed by atoms with Crippen molar-refractivity contribution in [1.29, 1.82) is 0 Å².